The second-order valence-corrected chi connectivity index (χ2v) is 36.2. The number of aryl methyl sites for hydroxylation is 12. The minimum atomic E-state index is -3.44. The van der Waals surface area contributed by atoms with Crippen molar-refractivity contribution >= 4 is 149 Å². The zero-order valence-electron chi connectivity index (χ0n) is 59.0. The normalized spacial score (nSPS) is 11.9. The average molecular weight is 1470 g/mol. The Bertz CT molecular complexity index is 5880. The zero-order valence-corrected chi connectivity index (χ0v) is 65.0. The van der Waals surface area contributed by atoms with Crippen molar-refractivity contribution in [2.75, 3.05) is 0 Å². The highest BCUT2D eigenvalue weighted by Crippen LogP contribution is 2.53. The number of aromatic nitrogens is 6. The maximum Gasteiger partial charge on any atom is 1.20 e. The molecule has 0 fully saturated rings. The van der Waals surface area contributed by atoms with Gasteiger partial charge in [-0.25, -0.2) is 0 Å². The topological polar surface area (TPSA) is 81.2 Å². The van der Waals surface area contributed by atoms with Crippen LogP contribution in [-0.4, -0.2) is 43.8 Å². The molecule has 0 saturated heterocycles. The molecule has 0 aliphatic heterocycles. The van der Waals surface area contributed by atoms with E-state index in [4.69, 9.17) is 26.3 Å². The van der Waals surface area contributed by atoms with Crippen LogP contribution in [0.2, 0.25) is 0 Å². The van der Waals surface area contributed by atoms with Gasteiger partial charge in [-0.15, -0.1) is 68.0 Å². The molecule has 0 aliphatic rings. The first-order valence-corrected chi connectivity index (χ1v) is 40.8. The predicted molar refractivity (Wildman–Crippen MR) is 441 cm³/mol. The molecule has 0 amide bonds. The van der Waals surface area contributed by atoms with E-state index in [1.807, 2.05) is 123 Å². The molecule has 0 N–H and O–H groups in total. The summed E-state index contributed by atoms with van der Waals surface area (Å²) in [7, 11) is 6.61. The van der Waals surface area contributed by atoms with Crippen LogP contribution in [0.3, 0.4) is 0 Å². The van der Waals surface area contributed by atoms with E-state index in [1.54, 1.807) is 0 Å². The van der Waals surface area contributed by atoms with E-state index in [0.29, 0.717) is 33.8 Å². The minimum absolute atomic E-state index is 0.552. The number of hydrogen-bond acceptors (Lipinski definition) is 12. The Morgan fingerprint density at radius 1 is 0.282 bits per heavy atom. The first-order valence-electron chi connectivity index (χ1n) is 34.4. The Labute approximate surface area is 626 Å². The summed E-state index contributed by atoms with van der Waals surface area (Å²) < 4.78 is 29.3. The molecule has 12 aromatic heterocycles. The van der Waals surface area contributed by atoms with Crippen LogP contribution in [0.4, 0.5) is 0 Å². The predicted octanol–water partition coefficient (Wildman–Crippen LogP) is 25.5. The van der Waals surface area contributed by atoms with Gasteiger partial charge < -0.3 is 25.1 Å². The molecular formula is C87H69AlN6O3S6. The summed E-state index contributed by atoms with van der Waals surface area (Å²) in [6.45, 7) is 20.1. The summed E-state index contributed by atoms with van der Waals surface area (Å²) in [4.78, 5) is 30.4. The summed E-state index contributed by atoms with van der Waals surface area (Å²) in [5.41, 5.74) is 23.9. The molecule has 103 heavy (non-hydrogen) atoms. The van der Waals surface area contributed by atoms with Gasteiger partial charge in [-0.05, 0) is 188 Å². The van der Waals surface area contributed by atoms with Gasteiger partial charge in [0.25, 0.3) is 0 Å². The molecule has 18 rings (SSSR count). The molecule has 0 spiro atoms. The molecule has 0 bridgehead atoms. The maximum atomic E-state index is 7.39. The van der Waals surface area contributed by atoms with E-state index < -0.39 is 15.1 Å². The summed E-state index contributed by atoms with van der Waals surface area (Å²) >= 11 is 7.55. The molecule has 0 radical (unpaired) electrons. The maximum absolute atomic E-state index is 7.39. The standard InChI is InChI=1S/3C29H24N2OS2.Al/c3*1-16-14-23(18(3)33-16)29-27(21-8-5-6-10-24(21)31(29)4)22-15-26(34-17(22)2)19-11-12-25(32)28-20(19)9-7-13-30-28;/h3*5-15,32H,1-4H3;/q;;;+3/p-3. The van der Waals surface area contributed by atoms with Gasteiger partial charge in [0.2, 0.25) is 0 Å². The quantitative estimate of drug-likeness (QED) is 0.0952. The van der Waals surface area contributed by atoms with Crippen LogP contribution in [0.15, 0.2) is 201 Å². The minimum Gasteiger partial charge on any atom is -0.576 e. The molecule has 0 aliphatic carbocycles. The lowest BCUT2D eigenvalue weighted by atomic mass is 9.97. The highest BCUT2D eigenvalue weighted by molar-refractivity contribution is 7.17. The van der Waals surface area contributed by atoms with Crippen molar-refractivity contribution < 1.29 is 11.4 Å². The molecule has 16 heteroatoms. The highest BCUT2D eigenvalue weighted by atomic mass is 32.1. The van der Waals surface area contributed by atoms with E-state index in [-0.39, 0.29) is 0 Å². The van der Waals surface area contributed by atoms with Crippen LogP contribution in [0, 0.1) is 62.3 Å². The number of hydrogen-bond donors (Lipinski definition) is 0. The van der Waals surface area contributed by atoms with E-state index in [0.717, 1.165) is 47.5 Å². The van der Waals surface area contributed by atoms with Crippen LogP contribution in [0.5, 0.6) is 17.2 Å². The summed E-state index contributed by atoms with van der Waals surface area (Å²) in [6.07, 6.45) is 5.52. The van der Waals surface area contributed by atoms with E-state index in [2.05, 4.69) is 243 Å². The van der Waals surface area contributed by atoms with Crippen molar-refractivity contribution in [3.05, 3.63) is 244 Å². The van der Waals surface area contributed by atoms with Gasteiger partial charge >= 0.3 is 15.1 Å². The van der Waals surface area contributed by atoms with Gasteiger partial charge in [-0.1, -0.05) is 72.8 Å². The van der Waals surface area contributed by atoms with Gasteiger partial charge in [0.1, 0.15) is 33.8 Å². The first-order chi connectivity index (χ1) is 50.0. The van der Waals surface area contributed by atoms with Gasteiger partial charge in [0, 0.05) is 197 Å². The Morgan fingerprint density at radius 3 is 0.835 bits per heavy atom. The molecule has 18 aromatic rings. The lowest BCUT2D eigenvalue weighted by Crippen LogP contribution is -2.37. The SMILES string of the molecule is Cc1cc(-c2c(-c3cc(-c4ccc([O][Al]([O]c5ccc(-c6cc(-c7c(-c8cc(C)sc8C)n(C)c8ccccc78)c(C)s6)c6cccnc56)[O]c5ccc(-c6cc(-c7c(-c8cc(C)sc8C)n(C)c8ccccc78)c(C)s6)c6cccnc56)c5ncccc45)sc3C)c3ccccc3n2C)c(C)s1. The Balaban J connectivity index is 0.751. The van der Waals surface area contributed by atoms with Gasteiger partial charge in [-0.3, -0.25) is 15.0 Å². The molecule has 504 valence electrons. The first kappa shape index (κ1) is 65.3. The molecule has 0 unspecified atom stereocenters. The van der Waals surface area contributed by atoms with Crippen molar-refractivity contribution in [3.8, 4) is 116 Å². The number of rotatable bonds is 15. The number of benzene rings is 6. The van der Waals surface area contributed by atoms with Crippen LogP contribution in [0.25, 0.3) is 164 Å². The van der Waals surface area contributed by atoms with E-state index in [1.165, 1.54) is 144 Å². The fourth-order valence-electron chi connectivity index (χ4n) is 15.9. The lowest BCUT2D eigenvalue weighted by molar-refractivity contribution is 0.311. The van der Waals surface area contributed by atoms with Crippen LogP contribution in [0.1, 0.15) is 43.9 Å². The van der Waals surface area contributed by atoms with Crippen LogP contribution >= 0.6 is 68.0 Å². The second-order valence-electron chi connectivity index (χ2n) is 26.8. The largest absolute Gasteiger partial charge is 1.20 e. The third kappa shape index (κ3) is 10.9. The molecule has 6 aromatic carbocycles. The molecular weight excluding hydrogens is 1400 g/mol. The molecule has 0 atom stereocenters. The fourth-order valence-corrected chi connectivity index (χ4v) is 23.2. The molecule has 0 saturated carbocycles. The summed E-state index contributed by atoms with van der Waals surface area (Å²) in [5, 5.41) is 6.58. The fraction of sp³-hybridized carbons (Fsp3) is 0.138. The Morgan fingerprint density at radius 2 is 0.553 bits per heavy atom. The summed E-state index contributed by atoms with van der Waals surface area (Å²) in [5.74, 6) is 1.66. The van der Waals surface area contributed by atoms with Gasteiger partial charge in [0.05, 0.1) is 17.1 Å². The van der Waals surface area contributed by atoms with Crippen molar-refractivity contribution in [2.24, 2.45) is 21.1 Å². The number of fused-ring (bicyclic) bond motifs is 6. The third-order valence-corrected chi connectivity index (χ3v) is 27.9. The average Bonchev–Trinajstić information content (AvgIpc) is 1.60. The third-order valence-electron chi connectivity index (χ3n) is 20.4. The van der Waals surface area contributed by atoms with E-state index >= 15 is 0 Å². The number of nitrogens with zero attached hydrogens (tertiary/aromatic N) is 6. The van der Waals surface area contributed by atoms with Crippen molar-refractivity contribution in [1.82, 2.24) is 28.7 Å². The van der Waals surface area contributed by atoms with Crippen molar-refractivity contribution in [1.29, 1.82) is 0 Å². The zero-order chi connectivity index (χ0) is 70.4. The number of pyridine rings is 3. The second kappa shape index (κ2) is 25.6. The number of thiophene rings is 6. The van der Waals surface area contributed by atoms with E-state index in [9.17, 15) is 0 Å². The summed E-state index contributed by atoms with van der Waals surface area (Å²) in [6, 6.07) is 65.7. The van der Waals surface area contributed by atoms with Crippen LogP contribution in [-0.2, 0) is 21.1 Å². The monoisotopic (exact) mass is 1460 g/mol. The molecule has 12 heterocycles. The van der Waals surface area contributed by atoms with Gasteiger partial charge in [0.15, 0.2) is 0 Å². The van der Waals surface area contributed by atoms with Gasteiger partial charge in [-0.2, -0.15) is 0 Å². The van der Waals surface area contributed by atoms with Crippen LogP contribution < -0.4 is 11.4 Å². The molecule has 9 nitrogen and oxygen atoms in total. The Hall–Kier alpha value is -9.70. The Kier molecular flexibility index (Phi) is 16.3. The smallest absolute Gasteiger partial charge is 0.576 e. The van der Waals surface area contributed by atoms with Crippen molar-refractivity contribution in [2.45, 2.75) is 62.3 Å². The highest BCUT2D eigenvalue weighted by Gasteiger charge is 2.46. The lowest BCUT2D eigenvalue weighted by Gasteiger charge is -2.20. The van der Waals surface area contributed by atoms with Crippen molar-refractivity contribution in [3.63, 3.8) is 0 Å². The number of para-hydroxylation sites is 3.